The molecule has 4 nitrogen and oxygen atoms in total. The molecule has 0 bridgehead atoms. The Bertz CT molecular complexity index is 47.0. The fourth-order valence-electron chi connectivity index (χ4n) is 0. The molecule has 0 unspecified atom stereocenters. The van der Waals surface area contributed by atoms with E-state index in [1.165, 1.54) is 0 Å². The van der Waals surface area contributed by atoms with Crippen LogP contribution in [0, 0.1) is 23.7 Å². The SMILES string of the molecule is OCCO.[C-]#N.[C-]#N.[Co+2]. The number of hydrogen-bond acceptors (Lipinski definition) is 4. The molecule has 0 saturated heterocycles. The van der Waals surface area contributed by atoms with Crippen LogP contribution in [0.3, 0.4) is 0 Å². The molecule has 0 saturated carbocycles. The van der Waals surface area contributed by atoms with Crippen molar-refractivity contribution in [2.45, 2.75) is 0 Å². The summed E-state index contributed by atoms with van der Waals surface area (Å²) in [5.41, 5.74) is 0. The molecule has 0 atom stereocenters. The Hall–Kier alpha value is -0.594. The van der Waals surface area contributed by atoms with Crippen LogP contribution < -0.4 is 0 Å². The van der Waals surface area contributed by atoms with E-state index in [0.717, 1.165) is 0 Å². The summed E-state index contributed by atoms with van der Waals surface area (Å²) >= 11 is 0. The number of nitrogens with zero attached hydrogens (tertiary/aromatic N) is 2. The van der Waals surface area contributed by atoms with Gasteiger partial charge in [0.15, 0.2) is 0 Å². The second kappa shape index (κ2) is 154. The van der Waals surface area contributed by atoms with Gasteiger partial charge in [0.25, 0.3) is 0 Å². The van der Waals surface area contributed by atoms with Crippen LogP contribution in [-0.4, -0.2) is 23.4 Å². The molecule has 0 aliphatic heterocycles. The maximum Gasteiger partial charge on any atom is 2.00 e. The van der Waals surface area contributed by atoms with E-state index in [2.05, 4.69) is 0 Å². The summed E-state index contributed by atoms with van der Waals surface area (Å²) in [6.45, 7) is 9.25. The second-order valence-corrected chi connectivity index (χ2v) is 0.447. The minimum absolute atomic E-state index is 0. The summed E-state index contributed by atoms with van der Waals surface area (Å²) in [5, 5.41) is 27.8. The van der Waals surface area contributed by atoms with Crippen molar-refractivity contribution < 1.29 is 27.0 Å². The molecule has 0 rings (SSSR count). The van der Waals surface area contributed by atoms with E-state index in [-0.39, 0.29) is 30.0 Å². The number of aliphatic hydroxyl groups is 2. The number of aliphatic hydroxyl groups excluding tert-OH is 2. The first-order valence-electron chi connectivity index (χ1n) is 1.58. The van der Waals surface area contributed by atoms with Crippen molar-refractivity contribution in [3.05, 3.63) is 13.1 Å². The molecule has 53 valence electrons. The molecule has 0 amide bonds. The smallest absolute Gasteiger partial charge is 0.512 e. The first-order valence-corrected chi connectivity index (χ1v) is 1.58. The number of rotatable bonds is 1. The van der Waals surface area contributed by atoms with Crippen molar-refractivity contribution >= 4 is 0 Å². The van der Waals surface area contributed by atoms with Crippen molar-refractivity contribution in [2.75, 3.05) is 13.2 Å². The van der Waals surface area contributed by atoms with Crippen LogP contribution in [-0.2, 0) is 16.8 Å². The van der Waals surface area contributed by atoms with Gasteiger partial charge in [-0.2, -0.15) is 0 Å². The van der Waals surface area contributed by atoms with Gasteiger partial charge in [0, 0.05) is 0 Å². The predicted molar refractivity (Wildman–Crippen MR) is 24.1 cm³/mol. The van der Waals surface area contributed by atoms with Gasteiger partial charge in [-0.25, -0.2) is 0 Å². The van der Waals surface area contributed by atoms with Crippen LogP contribution >= 0.6 is 0 Å². The summed E-state index contributed by atoms with van der Waals surface area (Å²) in [6, 6.07) is 0. The fraction of sp³-hybridized carbons (Fsp3) is 0.500. The molecule has 0 aromatic rings. The first kappa shape index (κ1) is 23.7. The van der Waals surface area contributed by atoms with Gasteiger partial charge in [0.05, 0.1) is 13.2 Å². The molecule has 0 spiro atoms. The van der Waals surface area contributed by atoms with Gasteiger partial charge < -0.3 is 33.9 Å². The summed E-state index contributed by atoms with van der Waals surface area (Å²) < 4.78 is 0. The largest absolute Gasteiger partial charge is 2.00 e. The van der Waals surface area contributed by atoms with Crippen molar-refractivity contribution in [3.8, 4) is 0 Å². The van der Waals surface area contributed by atoms with Gasteiger partial charge >= 0.3 is 16.8 Å². The standard InChI is InChI=1S/C2H6O2.2CN.Co/c3-1-2-4;2*1-2;/h3-4H,1-2H2;;;/q;2*-1;+2. The Kier molecular flexibility index (Phi) is 405. The summed E-state index contributed by atoms with van der Waals surface area (Å²) in [6.07, 6.45) is 0. The van der Waals surface area contributed by atoms with Gasteiger partial charge in [-0.15, -0.1) is 0 Å². The maximum absolute atomic E-state index is 7.62. The molecule has 0 aromatic carbocycles. The fourth-order valence-corrected chi connectivity index (χ4v) is 0. The molecule has 0 fully saturated rings. The summed E-state index contributed by atoms with van der Waals surface area (Å²) in [7, 11) is 0. The van der Waals surface area contributed by atoms with Gasteiger partial charge in [-0.3, -0.25) is 0 Å². The predicted octanol–water partition coefficient (Wildman–Crippen LogP) is -0.839. The topological polar surface area (TPSA) is 88.0 Å². The zero-order chi connectivity index (χ0) is 7.41. The first-order chi connectivity index (χ1) is 3.91. The monoisotopic (exact) mass is 173 g/mol. The molecule has 2 N–H and O–H groups in total. The van der Waals surface area contributed by atoms with Crippen LogP contribution in [0.5, 0.6) is 0 Å². The average Bonchev–Trinajstić information content (AvgIpc) is 1.96. The van der Waals surface area contributed by atoms with Crippen molar-refractivity contribution in [3.63, 3.8) is 0 Å². The van der Waals surface area contributed by atoms with Crippen LogP contribution in [0.1, 0.15) is 0 Å². The van der Waals surface area contributed by atoms with E-state index < -0.39 is 0 Å². The molecule has 5 heteroatoms. The summed E-state index contributed by atoms with van der Waals surface area (Å²) in [4.78, 5) is 0. The van der Waals surface area contributed by atoms with Crippen LogP contribution in [0.25, 0.3) is 0 Å². The normalized spacial score (nSPS) is 3.78. The molecule has 0 aromatic heterocycles. The minimum atomic E-state index is -0.125. The molecule has 0 aliphatic rings. The molecule has 1 radical (unpaired) electrons. The Morgan fingerprint density at radius 1 is 0.889 bits per heavy atom. The molecule has 0 aliphatic carbocycles. The summed E-state index contributed by atoms with van der Waals surface area (Å²) in [5.74, 6) is 0. The average molecular weight is 173 g/mol. The van der Waals surface area contributed by atoms with Gasteiger partial charge in [-0.05, 0) is 0 Å². The molecule has 0 heterocycles. The minimum Gasteiger partial charge on any atom is -0.512 e. The third kappa shape index (κ3) is 1310. The molecular weight excluding hydrogens is 167 g/mol. The van der Waals surface area contributed by atoms with Crippen LogP contribution in [0.4, 0.5) is 0 Å². The van der Waals surface area contributed by atoms with E-state index in [1.54, 1.807) is 0 Å². The van der Waals surface area contributed by atoms with Gasteiger partial charge in [0.2, 0.25) is 0 Å². The van der Waals surface area contributed by atoms with Crippen molar-refractivity contribution in [1.29, 1.82) is 10.5 Å². The van der Waals surface area contributed by atoms with Crippen LogP contribution in [0.2, 0.25) is 0 Å². The second-order valence-electron chi connectivity index (χ2n) is 0.447. The maximum atomic E-state index is 7.62. The Morgan fingerprint density at radius 2 is 1.00 bits per heavy atom. The Labute approximate surface area is 64.5 Å². The van der Waals surface area contributed by atoms with E-state index in [9.17, 15) is 0 Å². The molecule has 9 heavy (non-hydrogen) atoms. The zero-order valence-electron chi connectivity index (χ0n) is 4.54. The quantitative estimate of drug-likeness (QED) is 0.506. The molecular formula is C4H6CoN2O2. The van der Waals surface area contributed by atoms with Gasteiger partial charge in [-0.1, -0.05) is 0 Å². The van der Waals surface area contributed by atoms with Crippen molar-refractivity contribution in [1.82, 2.24) is 0 Å². The van der Waals surface area contributed by atoms with Gasteiger partial charge in [0.1, 0.15) is 0 Å². The number of hydrogen-bond donors (Lipinski definition) is 2. The van der Waals surface area contributed by atoms with E-state index >= 15 is 0 Å². The third-order valence-corrected chi connectivity index (χ3v) is 0.1000. The van der Waals surface area contributed by atoms with Crippen molar-refractivity contribution in [2.24, 2.45) is 0 Å². The Balaban J connectivity index is -0.0000000221. The van der Waals surface area contributed by atoms with E-state index in [0.29, 0.717) is 0 Å². The van der Waals surface area contributed by atoms with E-state index in [4.69, 9.17) is 33.9 Å². The van der Waals surface area contributed by atoms with Crippen LogP contribution in [0.15, 0.2) is 0 Å². The van der Waals surface area contributed by atoms with E-state index in [1.807, 2.05) is 0 Å². The zero-order valence-corrected chi connectivity index (χ0v) is 5.58. The Morgan fingerprint density at radius 3 is 1.00 bits per heavy atom. The third-order valence-electron chi connectivity index (χ3n) is 0.1000.